The van der Waals surface area contributed by atoms with Crippen molar-refractivity contribution in [3.63, 3.8) is 0 Å². The summed E-state index contributed by atoms with van der Waals surface area (Å²) in [6.07, 6.45) is 7.71. The molecule has 0 aromatic rings. The van der Waals surface area contributed by atoms with Crippen LogP contribution in [0, 0.1) is 0 Å². The number of carbonyl (C=O) groups excluding carboxylic acids is 2. The van der Waals surface area contributed by atoms with Crippen LogP contribution in [0.25, 0.3) is 0 Å². The third-order valence-corrected chi connectivity index (χ3v) is 4.24. The van der Waals surface area contributed by atoms with Crippen LogP contribution >= 0.6 is 0 Å². The lowest BCUT2D eigenvalue weighted by Crippen LogP contribution is -2.47. The fourth-order valence-corrected chi connectivity index (χ4v) is 2.95. The van der Waals surface area contributed by atoms with Crippen LogP contribution in [-0.2, 0) is 4.79 Å². The highest BCUT2D eigenvalue weighted by Gasteiger charge is 2.28. The van der Waals surface area contributed by atoms with Crippen LogP contribution in [0.15, 0.2) is 0 Å². The molecule has 102 valence electrons. The van der Waals surface area contributed by atoms with E-state index in [1.807, 2.05) is 16.8 Å². The fourth-order valence-electron chi connectivity index (χ4n) is 2.95. The van der Waals surface area contributed by atoms with E-state index in [0.717, 1.165) is 38.8 Å². The summed E-state index contributed by atoms with van der Waals surface area (Å²) in [4.78, 5) is 27.5. The largest absolute Gasteiger partial charge is 0.325 e. The third kappa shape index (κ3) is 3.24. The predicted octanol–water partition coefficient (Wildman–Crippen LogP) is 2.43. The molecule has 4 heteroatoms. The van der Waals surface area contributed by atoms with E-state index in [0.29, 0.717) is 18.6 Å². The van der Waals surface area contributed by atoms with Crippen LogP contribution in [-0.4, -0.2) is 47.8 Å². The van der Waals surface area contributed by atoms with E-state index in [2.05, 4.69) is 0 Å². The van der Waals surface area contributed by atoms with Gasteiger partial charge in [-0.05, 0) is 25.7 Å². The van der Waals surface area contributed by atoms with E-state index in [9.17, 15) is 9.59 Å². The van der Waals surface area contributed by atoms with E-state index in [1.54, 1.807) is 0 Å². The van der Waals surface area contributed by atoms with Crippen LogP contribution < -0.4 is 0 Å². The van der Waals surface area contributed by atoms with Crippen molar-refractivity contribution >= 4 is 11.8 Å². The smallest absolute Gasteiger partial charge is 0.319 e. The molecule has 18 heavy (non-hydrogen) atoms. The molecule has 0 bridgehead atoms. The number of hydrogen-bond donors (Lipinski definition) is 0. The van der Waals surface area contributed by atoms with Crippen molar-refractivity contribution in [2.45, 2.75) is 57.4 Å². The molecule has 1 aliphatic carbocycles. The summed E-state index contributed by atoms with van der Waals surface area (Å²) in [5.41, 5.74) is 0. The van der Waals surface area contributed by atoms with Gasteiger partial charge in [0.2, 0.25) is 0 Å². The van der Waals surface area contributed by atoms with Gasteiger partial charge in [-0.25, -0.2) is 4.79 Å². The minimum atomic E-state index is 0.163. The summed E-state index contributed by atoms with van der Waals surface area (Å²) in [6, 6.07) is 0.426. The molecule has 1 heterocycles. The second kappa shape index (κ2) is 6.21. The Morgan fingerprint density at radius 2 is 1.67 bits per heavy atom. The van der Waals surface area contributed by atoms with Crippen LogP contribution in [0.4, 0.5) is 4.79 Å². The van der Waals surface area contributed by atoms with Gasteiger partial charge in [-0.15, -0.1) is 0 Å². The van der Waals surface area contributed by atoms with Gasteiger partial charge in [0, 0.05) is 39.0 Å². The SMILES string of the molecule is CN(C(=O)N1CCCCCC1)C1CCC(=O)CC1. The monoisotopic (exact) mass is 252 g/mol. The number of amides is 2. The van der Waals surface area contributed by atoms with Crippen LogP contribution in [0.2, 0.25) is 0 Å². The molecule has 1 saturated carbocycles. The van der Waals surface area contributed by atoms with E-state index in [-0.39, 0.29) is 12.1 Å². The summed E-state index contributed by atoms with van der Waals surface area (Å²) < 4.78 is 0. The Kier molecular flexibility index (Phi) is 4.61. The van der Waals surface area contributed by atoms with Crippen molar-refractivity contribution < 1.29 is 9.59 Å². The zero-order chi connectivity index (χ0) is 13.0. The van der Waals surface area contributed by atoms with Gasteiger partial charge in [-0.3, -0.25) is 4.79 Å². The molecule has 0 radical (unpaired) electrons. The second-order valence-electron chi connectivity index (χ2n) is 5.56. The summed E-state index contributed by atoms with van der Waals surface area (Å²) in [7, 11) is 1.90. The van der Waals surface area contributed by atoms with Crippen molar-refractivity contribution in [1.29, 1.82) is 0 Å². The fraction of sp³-hybridized carbons (Fsp3) is 0.857. The Labute approximate surface area is 109 Å². The average Bonchev–Trinajstić information content (AvgIpc) is 2.67. The van der Waals surface area contributed by atoms with Crippen molar-refractivity contribution in [2.24, 2.45) is 0 Å². The quantitative estimate of drug-likeness (QED) is 0.719. The second-order valence-corrected chi connectivity index (χ2v) is 5.56. The first-order valence-corrected chi connectivity index (χ1v) is 7.22. The zero-order valence-electron chi connectivity index (χ0n) is 11.4. The summed E-state index contributed by atoms with van der Waals surface area (Å²) in [5.74, 6) is 0.349. The minimum Gasteiger partial charge on any atom is -0.325 e. The number of likely N-dealkylation sites (tertiary alicyclic amines) is 1. The highest BCUT2D eigenvalue weighted by molar-refractivity contribution is 5.80. The number of nitrogens with zero attached hydrogens (tertiary/aromatic N) is 2. The lowest BCUT2D eigenvalue weighted by Gasteiger charge is -2.34. The van der Waals surface area contributed by atoms with Gasteiger partial charge in [-0.1, -0.05) is 12.8 Å². The molecule has 1 aliphatic heterocycles. The van der Waals surface area contributed by atoms with Gasteiger partial charge in [0.15, 0.2) is 0 Å². The molecular formula is C14H24N2O2. The van der Waals surface area contributed by atoms with Gasteiger partial charge in [0.05, 0.1) is 0 Å². The molecule has 4 nitrogen and oxygen atoms in total. The predicted molar refractivity (Wildman–Crippen MR) is 70.5 cm³/mol. The number of urea groups is 1. The first-order valence-electron chi connectivity index (χ1n) is 7.22. The standard InChI is InChI=1S/C14H24N2O2/c1-15(12-6-8-13(17)9-7-12)14(18)16-10-4-2-3-5-11-16/h12H,2-11H2,1H3. The van der Waals surface area contributed by atoms with Crippen LogP contribution in [0.1, 0.15) is 51.4 Å². The highest BCUT2D eigenvalue weighted by Crippen LogP contribution is 2.21. The van der Waals surface area contributed by atoms with Crippen LogP contribution in [0.3, 0.4) is 0 Å². The lowest BCUT2D eigenvalue weighted by molar-refractivity contribution is -0.121. The maximum Gasteiger partial charge on any atom is 0.319 e. The lowest BCUT2D eigenvalue weighted by atomic mass is 9.93. The van der Waals surface area contributed by atoms with Gasteiger partial charge in [0.25, 0.3) is 0 Å². The van der Waals surface area contributed by atoms with E-state index in [1.165, 1.54) is 12.8 Å². The molecule has 0 aromatic carbocycles. The Morgan fingerprint density at radius 3 is 2.22 bits per heavy atom. The van der Waals surface area contributed by atoms with Crippen molar-refractivity contribution in [2.75, 3.05) is 20.1 Å². The Balaban J connectivity index is 1.88. The molecule has 2 aliphatic rings. The third-order valence-electron chi connectivity index (χ3n) is 4.24. The minimum absolute atomic E-state index is 0.163. The maximum absolute atomic E-state index is 12.4. The molecule has 0 unspecified atom stereocenters. The van der Waals surface area contributed by atoms with E-state index >= 15 is 0 Å². The molecule has 2 amide bonds. The molecule has 2 rings (SSSR count). The average molecular weight is 252 g/mol. The number of Topliss-reactive ketones (excluding diaryl/α,β-unsaturated/α-hetero) is 1. The molecule has 1 saturated heterocycles. The number of rotatable bonds is 1. The first kappa shape index (κ1) is 13.4. The number of carbonyl (C=O) groups is 2. The normalized spacial score (nSPS) is 22.7. The highest BCUT2D eigenvalue weighted by atomic mass is 16.2. The molecule has 0 atom stereocenters. The molecule has 0 spiro atoms. The van der Waals surface area contributed by atoms with Crippen molar-refractivity contribution in [1.82, 2.24) is 9.80 Å². The molecule has 2 fully saturated rings. The van der Waals surface area contributed by atoms with Gasteiger partial charge in [0.1, 0.15) is 5.78 Å². The summed E-state index contributed by atoms with van der Waals surface area (Å²) in [5, 5.41) is 0. The van der Waals surface area contributed by atoms with Crippen molar-refractivity contribution in [3.05, 3.63) is 0 Å². The zero-order valence-corrected chi connectivity index (χ0v) is 11.4. The maximum atomic E-state index is 12.4. The van der Waals surface area contributed by atoms with E-state index < -0.39 is 0 Å². The van der Waals surface area contributed by atoms with Gasteiger partial charge >= 0.3 is 6.03 Å². The van der Waals surface area contributed by atoms with Gasteiger partial charge < -0.3 is 9.80 Å². The van der Waals surface area contributed by atoms with Gasteiger partial charge in [-0.2, -0.15) is 0 Å². The Hall–Kier alpha value is -1.06. The summed E-state index contributed by atoms with van der Waals surface area (Å²) >= 11 is 0. The number of ketones is 1. The molecular weight excluding hydrogens is 228 g/mol. The first-order chi connectivity index (χ1) is 8.68. The summed E-state index contributed by atoms with van der Waals surface area (Å²) in [6.45, 7) is 1.80. The number of hydrogen-bond acceptors (Lipinski definition) is 2. The molecule has 0 aromatic heterocycles. The Morgan fingerprint density at radius 1 is 1.11 bits per heavy atom. The Bertz CT molecular complexity index is 299. The topological polar surface area (TPSA) is 40.6 Å². The van der Waals surface area contributed by atoms with Crippen molar-refractivity contribution in [3.8, 4) is 0 Å². The van der Waals surface area contributed by atoms with E-state index in [4.69, 9.17) is 0 Å². The molecule has 0 N–H and O–H groups in total. The van der Waals surface area contributed by atoms with Crippen LogP contribution in [0.5, 0.6) is 0 Å².